The standard InChI is InChI=1S/C14H10Cl3FO2/c15-14(16,17)13(19)9-6-7-11(18)12(8-9)20-10-4-2-1-3-5-10/h1-8,13,19H. The lowest BCUT2D eigenvalue weighted by Crippen LogP contribution is -2.16. The van der Waals surface area contributed by atoms with Gasteiger partial charge in [0.15, 0.2) is 11.6 Å². The molecule has 0 bridgehead atoms. The Morgan fingerprint density at radius 2 is 1.70 bits per heavy atom. The van der Waals surface area contributed by atoms with Crippen LogP contribution in [0, 0.1) is 5.82 Å². The van der Waals surface area contributed by atoms with E-state index in [1.54, 1.807) is 24.3 Å². The average Bonchev–Trinajstić information content (AvgIpc) is 2.40. The van der Waals surface area contributed by atoms with Crippen LogP contribution in [0.4, 0.5) is 4.39 Å². The summed E-state index contributed by atoms with van der Waals surface area (Å²) in [5.74, 6) is -0.164. The second kappa shape index (κ2) is 6.19. The van der Waals surface area contributed by atoms with Crippen LogP contribution in [0.5, 0.6) is 11.5 Å². The first kappa shape index (κ1) is 15.4. The Hall–Kier alpha value is -1.000. The Balaban J connectivity index is 2.30. The first-order valence-corrected chi connectivity index (χ1v) is 6.78. The predicted octanol–water partition coefficient (Wildman–Crippen LogP) is 5.02. The number of ether oxygens (including phenoxy) is 1. The Bertz CT molecular complexity index is 585. The molecular formula is C14H10Cl3FO2. The van der Waals surface area contributed by atoms with E-state index in [-0.39, 0.29) is 11.3 Å². The van der Waals surface area contributed by atoms with Gasteiger partial charge in [-0.1, -0.05) is 59.1 Å². The van der Waals surface area contributed by atoms with E-state index in [4.69, 9.17) is 39.5 Å². The number of halogens is 4. The Morgan fingerprint density at radius 3 is 2.30 bits per heavy atom. The third-order valence-electron chi connectivity index (χ3n) is 2.55. The molecule has 0 aliphatic rings. The van der Waals surface area contributed by atoms with E-state index < -0.39 is 15.7 Å². The van der Waals surface area contributed by atoms with Gasteiger partial charge in [-0.15, -0.1) is 0 Å². The number of benzene rings is 2. The Labute approximate surface area is 130 Å². The van der Waals surface area contributed by atoms with Crippen molar-refractivity contribution in [2.45, 2.75) is 9.90 Å². The van der Waals surface area contributed by atoms with Gasteiger partial charge in [-0.05, 0) is 29.8 Å². The number of hydrogen-bond donors (Lipinski definition) is 1. The highest BCUT2D eigenvalue weighted by Crippen LogP contribution is 2.41. The molecule has 1 N–H and O–H groups in total. The minimum absolute atomic E-state index is 0.0537. The third kappa shape index (κ3) is 3.76. The molecule has 0 spiro atoms. The highest BCUT2D eigenvalue weighted by Gasteiger charge is 2.32. The highest BCUT2D eigenvalue weighted by atomic mass is 35.6. The summed E-state index contributed by atoms with van der Waals surface area (Å²) in [5.41, 5.74) is 0.248. The molecule has 0 radical (unpaired) electrons. The minimum Gasteiger partial charge on any atom is -0.454 e. The molecule has 0 heterocycles. The summed E-state index contributed by atoms with van der Waals surface area (Å²) >= 11 is 16.9. The number of aliphatic hydroxyl groups excluding tert-OH is 1. The molecule has 0 fully saturated rings. The molecule has 0 saturated heterocycles. The van der Waals surface area contributed by atoms with Gasteiger partial charge < -0.3 is 9.84 Å². The zero-order valence-corrected chi connectivity index (χ0v) is 12.3. The zero-order chi connectivity index (χ0) is 14.8. The summed E-state index contributed by atoms with van der Waals surface area (Å²) in [6.07, 6.45) is -1.38. The van der Waals surface area contributed by atoms with Gasteiger partial charge in [-0.3, -0.25) is 0 Å². The molecule has 2 nitrogen and oxygen atoms in total. The van der Waals surface area contributed by atoms with Crippen molar-refractivity contribution >= 4 is 34.8 Å². The van der Waals surface area contributed by atoms with E-state index in [1.807, 2.05) is 6.07 Å². The van der Waals surface area contributed by atoms with Crippen molar-refractivity contribution < 1.29 is 14.2 Å². The molecule has 0 saturated carbocycles. The smallest absolute Gasteiger partial charge is 0.220 e. The molecule has 106 valence electrons. The van der Waals surface area contributed by atoms with Gasteiger partial charge in [0.1, 0.15) is 11.9 Å². The maximum absolute atomic E-state index is 13.7. The van der Waals surface area contributed by atoms with Gasteiger partial charge in [0.2, 0.25) is 3.79 Å². The summed E-state index contributed by atoms with van der Waals surface area (Å²) in [7, 11) is 0. The van der Waals surface area contributed by atoms with Crippen LogP contribution >= 0.6 is 34.8 Å². The maximum Gasteiger partial charge on any atom is 0.220 e. The quantitative estimate of drug-likeness (QED) is 0.798. The normalized spacial score (nSPS) is 13.1. The summed E-state index contributed by atoms with van der Waals surface area (Å²) in [5, 5.41) is 9.86. The largest absolute Gasteiger partial charge is 0.454 e. The summed E-state index contributed by atoms with van der Waals surface area (Å²) in [4.78, 5) is 0. The number of hydrogen-bond acceptors (Lipinski definition) is 2. The van der Waals surface area contributed by atoms with Crippen molar-refractivity contribution in [1.29, 1.82) is 0 Å². The van der Waals surface area contributed by atoms with Gasteiger partial charge in [0.25, 0.3) is 0 Å². The summed E-state index contributed by atoms with van der Waals surface area (Å²) in [6.45, 7) is 0. The van der Waals surface area contributed by atoms with Crippen molar-refractivity contribution in [2.75, 3.05) is 0 Å². The fourth-order valence-electron chi connectivity index (χ4n) is 1.57. The lowest BCUT2D eigenvalue weighted by molar-refractivity contribution is 0.182. The van der Waals surface area contributed by atoms with Gasteiger partial charge in [0.05, 0.1) is 0 Å². The number of para-hydroxylation sites is 1. The van der Waals surface area contributed by atoms with Crippen LogP contribution < -0.4 is 4.74 Å². The lowest BCUT2D eigenvalue weighted by Gasteiger charge is -2.20. The first-order chi connectivity index (χ1) is 9.38. The van der Waals surface area contributed by atoms with Crippen LogP contribution in [-0.4, -0.2) is 8.90 Å². The van der Waals surface area contributed by atoms with E-state index in [0.717, 1.165) is 6.07 Å². The van der Waals surface area contributed by atoms with E-state index >= 15 is 0 Å². The Kier molecular flexibility index (Phi) is 4.76. The van der Waals surface area contributed by atoms with Crippen LogP contribution in [0.3, 0.4) is 0 Å². The number of alkyl halides is 3. The van der Waals surface area contributed by atoms with Gasteiger partial charge in [-0.25, -0.2) is 4.39 Å². The second-order valence-electron chi connectivity index (χ2n) is 4.05. The van der Waals surface area contributed by atoms with E-state index in [2.05, 4.69) is 0 Å². The van der Waals surface area contributed by atoms with E-state index in [9.17, 15) is 9.50 Å². The molecule has 2 rings (SSSR count). The fraction of sp³-hybridized carbons (Fsp3) is 0.143. The highest BCUT2D eigenvalue weighted by molar-refractivity contribution is 6.68. The first-order valence-electron chi connectivity index (χ1n) is 5.65. The van der Waals surface area contributed by atoms with E-state index in [0.29, 0.717) is 5.75 Å². The van der Waals surface area contributed by atoms with Crippen LogP contribution in [-0.2, 0) is 0 Å². The van der Waals surface area contributed by atoms with Crippen molar-refractivity contribution in [3.05, 3.63) is 59.9 Å². The fourth-order valence-corrected chi connectivity index (χ4v) is 1.95. The SMILES string of the molecule is OC(c1ccc(F)c(Oc2ccccc2)c1)C(Cl)(Cl)Cl. The molecular weight excluding hydrogens is 326 g/mol. The van der Waals surface area contributed by atoms with Crippen molar-refractivity contribution in [2.24, 2.45) is 0 Å². The zero-order valence-electron chi connectivity index (χ0n) is 10.1. The molecule has 0 aromatic heterocycles. The molecule has 6 heteroatoms. The lowest BCUT2D eigenvalue weighted by atomic mass is 10.1. The molecule has 0 amide bonds. The summed E-state index contributed by atoms with van der Waals surface area (Å²) in [6, 6.07) is 12.5. The topological polar surface area (TPSA) is 29.5 Å². The molecule has 1 unspecified atom stereocenters. The van der Waals surface area contributed by atoms with Crippen LogP contribution in [0.15, 0.2) is 48.5 Å². The van der Waals surface area contributed by atoms with E-state index in [1.165, 1.54) is 12.1 Å². The second-order valence-corrected chi connectivity index (χ2v) is 6.42. The monoisotopic (exact) mass is 334 g/mol. The molecule has 0 aliphatic carbocycles. The van der Waals surface area contributed by atoms with Gasteiger partial charge >= 0.3 is 0 Å². The number of aliphatic hydroxyl groups is 1. The molecule has 1 atom stereocenters. The van der Waals surface area contributed by atoms with Crippen molar-refractivity contribution in [1.82, 2.24) is 0 Å². The predicted molar refractivity (Wildman–Crippen MR) is 78.2 cm³/mol. The molecule has 0 aliphatic heterocycles. The molecule has 2 aromatic rings. The Morgan fingerprint density at radius 1 is 1.05 bits per heavy atom. The average molecular weight is 336 g/mol. The molecule has 2 aromatic carbocycles. The maximum atomic E-state index is 13.7. The summed E-state index contributed by atoms with van der Waals surface area (Å²) < 4.78 is 17.2. The van der Waals surface area contributed by atoms with Crippen LogP contribution in [0.2, 0.25) is 0 Å². The van der Waals surface area contributed by atoms with Crippen molar-refractivity contribution in [3.8, 4) is 11.5 Å². The van der Waals surface area contributed by atoms with Crippen molar-refractivity contribution in [3.63, 3.8) is 0 Å². The minimum atomic E-state index is -1.90. The van der Waals surface area contributed by atoms with Crippen LogP contribution in [0.1, 0.15) is 11.7 Å². The number of rotatable bonds is 3. The van der Waals surface area contributed by atoms with Gasteiger partial charge in [-0.2, -0.15) is 0 Å². The molecule has 20 heavy (non-hydrogen) atoms. The van der Waals surface area contributed by atoms with Gasteiger partial charge in [0, 0.05) is 0 Å². The van der Waals surface area contributed by atoms with Crippen LogP contribution in [0.25, 0.3) is 0 Å². The third-order valence-corrected chi connectivity index (χ3v) is 3.17.